The number of imide groups is 1. The van der Waals surface area contributed by atoms with Crippen molar-refractivity contribution < 1.29 is 19.2 Å². The summed E-state index contributed by atoms with van der Waals surface area (Å²) in [7, 11) is 4.64. The van der Waals surface area contributed by atoms with Gasteiger partial charge in [-0.05, 0) is 13.0 Å². The molecule has 0 aromatic heterocycles. The van der Waals surface area contributed by atoms with Crippen LogP contribution in [0, 0.1) is 5.92 Å². The Balaban J connectivity index is 1.72. The van der Waals surface area contributed by atoms with E-state index in [0.717, 1.165) is 6.54 Å². The molecule has 1 heterocycles. The zero-order chi connectivity index (χ0) is 23.1. The molecule has 2 fully saturated rings. The van der Waals surface area contributed by atoms with Gasteiger partial charge in [0.25, 0.3) is 4.29 Å². The van der Waals surface area contributed by atoms with E-state index in [1.807, 2.05) is 7.57 Å². The summed E-state index contributed by atoms with van der Waals surface area (Å²) in [6.07, 6.45) is 1.24. The van der Waals surface area contributed by atoms with Gasteiger partial charge in [-0.2, -0.15) is 9.12 Å². The van der Waals surface area contributed by atoms with E-state index >= 15 is 0 Å². The second kappa shape index (κ2) is 13.6. The maximum absolute atomic E-state index is 12.5. The Kier molecular flexibility index (Phi) is 12.3. The van der Waals surface area contributed by atoms with Gasteiger partial charge in [0.15, 0.2) is 5.78 Å². The van der Waals surface area contributed by atoms with E-state index in [4.69, 9.17) is 5.73 Å². The van der Waals surface area contributed by atoms with Crippen LogP contribution in [0.5, 0.6) is 0 Å². The van der Waals surface area contributed by atoms with Gasteiger partial charge in [0.2, 0.25) is 11.8 Å². The molecule has 2 aliphatic rings. The lowest BCUT2D eigenvalue weighted by molar-refractivity contribution is -0.138. The molecule has 14 heteroatoms. The molecule has 31 heavy (non-hydrogen) atoms. The van der Waals surface area contributed by atoms with Crippen LogP contribution in [0.25, 0.3) is 0 Å². The van der Waals surface area contributed by atoms with Gasteiger partial charge in [-0.1, -0.05) is 27.5 Å². The number of rotatable bonds is 13. The number of amides is 2. The van der Waals surface area contributed by atoms with E-state index in [2.05, 4.69) is 63.8 Å². The summed E-state index contributed by atoms with van der Waals surface area (Å²) in [5.74, 6) is -0.679. The Morgan fingerprint density at radius 3 is 2.48 bits per heavy atom. The SMILES string of the molecule is BP(I)C1CC(=O)C(CCN(CCN)CCNCCN2C(=O)CC(B(P)I)C2=O)C1=O. The van der Waals surface area contributed by atoms with Gasteiger partial charge < -0.3 is 16.0 Å². The Bertz CT molecular complexity index is 693. The number of carbonyl (C=O) groups is 4. The fourth-order valence-corrected chi connectivity index (χ4v) is 7.24. The largest absolute Gasteiger partial charge is 0.329 e. The second-order valence-corrected chi connectivity index (χ2v) is 17.7. The zero-order valence-corrected chi connectivity index (χ0v) is 24.1. The molecule has 0 radical (unpaired) electrons. The normalized spacial score (nSPS) is 25.2. The van der Waals surface area contributed by atoms with Crippen molar-refractivity contribution in [2.75, 3.05) is 45.8 Å². The molecule has 1 saturated carbocycles. The monoisotopic (exact) mass is 692 g/mol. The standard InChI is InChI=1S/C17H30B2I2N4O4P2/c18-31(21)14-10-13(26)11(16(14)28)1-5-24(6-2-22)7-3-23-4-8-25-15(27)9-12(17(25)29)19(20)30/h11-12,14,23H,1-10,18,22,30H2. The first-order valence-corrected chi connectivity index (χ1v) is 17.0. The van der Waals surface area contributed by atoms with E-state index in [9.17, 15) is 19.2 Å². The Hall–Kier alpha value is 0.810. The van der Waals surface area contributed by atoms with Crippen LogP contribution in [0.2, 0.25) is 5.82 Å². The molecule has 3 N–H and O–H groups in total. The summed E-state index contributed by atoms with van der Waals surface area (Å²) in [6, 6.07) is 0. The molecule has 2 rings (SSSR count). The molecule has 2 amide bonds. The van der Waals surface area contributed by atoms with Crippen molar-refractivity contribution in [2.24, 2.45) is 11.7 Å². The van der Waals surface area contributed by atoms with Crippen molar-refractivity contribution in [3.05, 3.63) is 0 Å². The minimum atomic E-state index is -0.462. The van der Waals surface area contributed by atoms with Gasteiger partial charge in [0, 0.05) is 63.6 Å². The number of carbonyl (C=O) groups excluding carboxylic acids is 4. The van der Waals surface area contributed by atoms with Crippen molar-refractivity contribution in [2.45, 2.75) is 30.7 Å². The smallest absolute Gasteiger partial charge is 0.252 e. The zero-order valence-electron chi connectivity index (χ0n) is 17.8. The number of hydrogen-bond donors (Lipinski definition) is 2. The molecule has 8 nitrogen and oxygen atoms in total. The molecule has 1 aliphatic heterocycles. The third-order valence-electron chi connectivity index (χ3n) is 5.84. The van der Waals surface area contributed by atoms with Crippen LogP contribution >= 0.6 is 59.0 Å². The Morgan fingerprint density at radius 2 is 1.94 bits per heavy atom. The number of hydrogen-bond acceptors (Lipinski definition) is 7. The summed E-state index contributed by atoms with van der Waals surface area (Å²) < 4.78 is 0.0620. The molecule has 5 atom stereocenters. The van der Waals surface area contributed by atoms with E-state index < -0.39 is 11.4 Å². The van der Waals surface area contributed by atoms with E-state index in [1.54, 1.807) is 0 Å². The summed E-state index contributed by atoms with van der Waals surface area (Å²) in [5.41, 5.74) is 5.20. The predicted molar refractivity (Wildman–Crippen MR) is 149 cm³/mol. The van der Waals surface area contributed by atoms with Crippen molar-refractivity contribution >= 4 is 94.2 Å². The van der Waals surface area contributed by atoms with Gasteiger partial charge in [0.1, 0.15) is 13.3 Å². The fraction of sp³-hybridized carbons (Fsp3) is 0.765. The topological polar surface area (TPSA) is 113 Å². The predicted octanol–water partition coefficient (Wildman–Crippen LogP) is 0.0609. The molecule has 1 saturated heterocycles. The highest BCUT2D eigenvalue weighted by Crippen LogP contribution is 2.50. The molecule has 0 spiro atoms. The number of halogens is 2. The fourth-order valence-electron chi connectivity index (χ4n) is 4.00. The Labute approximate surface area is 215 Å². The van der Waals surface area contributed by atoms with E-state index in [1.165, 1.54) is 4.90 Å². The summed E-state index contributed by atoms with van der Waals surface area (Å²) in [6.45, 7) is 4.20. The number of ketones is 2. The van der Waals surface area contributed by atoms with Crippen LogP contribution in [-0.2, 0) is 19.2 Å². The number of Topliss-reactive ketones (excluding diaryl/α,β-unsaturated/α-hetero) is 2. The highest BCUT2D eigenvalue weighted by molar-refractivity contribution is 14.2. The maximum atomic E-state index is 12.5. The molecule has 5 unspecified atom stereocenters. The van der Waals surface area contributed by atoms with Crippen LogP contribution in [-0.4, -0.2) is 96.5 Å². The summed E-state index contributed by atoms with van der Waals surface area (Å²) >= 11 is 4.46. The first-order valence-electron chi connectivity index (χ1n) is 10.5. The second-order valence-electron chi connectivity index (χ2n) is 7.97. The first kappa shape index (κ1) is 28.0. The van der Waals surface area contributed by atoms with Crippen LogP contribution in [0.3, 0.4) is 0 Å². The Morgan fingerprint density at radius 1 is 1.23 bits per heavy atom. The lowest BCUT2D eigenvalue weighted by Gasteiger charge is -2.23. The number of nitrogens with one attached hydrogen (secondary N) is 1. The first-order chi connectivity index (χ1) is 14.7. The minimum absolute atomic E-state index is 0.0620. The average Bonchev–Trinajstić information content (AvgIpc) is 3.15. The van der Waals surface area contributed by atoms with Crippen LogP contribution < -0.4 is 11.1 Å². The summed E-state index contributed by atoms with van der Waals surface area (Å²) in [4.78, 5) is 52.7. The molecular weight excluding hydrogens is 662 g/mol. The number of likely N-dealkylation sites (tertiary alicyclic amines) is 1. The van der Waals surface area contributed by atoms with E-state index in [0.29, 0.717) is 52.1 Å². The van der Waals surface area contributed by atoms with Crippen molar-refractivity contribution in [1.82, 2.24) is 15.1 Å². The molecular formula is C17H30B2I2N4O4P2. The van der Waals surface area contributed by atoms with Gasteiger partial charge >= 0.3 is 0 Å². The quantitative estimate of drug-likeness (QED) is 0.0702. The molecule has 0 aromatic carbocycles. The molecule has 172 valence electrons. The highest BCUT2D eigenvalue weighted by Gasteiger charge is 2.43. The third kappa shape index (κ3) is 7.92. The van der Waals surface area contributed by atoms with Gasteiger partial charge in [-0.25, -0.2) is 0 Å². The number of nitrogens with zero attached hydrogens (tertiary/aromatic N) is 2. The van der Waals surface area contributed by atoms with E-state index in [-0.39, 0.29) is 45.6 Å². The maximum Gasteiger partial charge on any atom is 0.252 e. The average molecular weight is 692 g/mol. The summed E-state index contributed by atoms with van der Waals surface area (Å²) in [5, 5.41) is 3.29. The van der Waals surface area contributed by atoms with Crippen molar-refractivity contribution in [1.29, 1.82) is 0 Å². The van der Waals surface area contributed by atoms with Crippen LogP contribution in [0.15, 0.2) is 0 Å². The van der Waals surface area contributed by atoms with Crippen molar-refractivity contribution in [3.8, 4) is 0 Å². The minimum Gasteiger partial charge on any atom is -0.329 e. The number of nitrogens with two attached hydrogens (primary N) is 1. The molecule has 1 aliphatic carbocycles. The van der Waals surface area contributed by atoms with Gasteiger partial charge in [-0.3, -0.25) is 24.1 Å². The lowest BCUT2D eigenvalue weighted by Crippen LogP contribution is -2.40. The lowest BCUT2D eigenvalue weighted by atomic mass is 9.84. The van der Waals surface area contributed by atoms with Crippen molar-refractivity contribution in [3.63, 3.8) is 0 Å². The highest BCUT2D eigenvalue weighted by atomic mass is 127. The van der Waals surface area contributed by atoms with Crippen LogP contribution in [0.4, 0.5) is 0 Å². The van der Waals surface area contributed by atoms with Gasteiger partial charge in [0.05, 0.1) is 5.92 Å². The van der Waals surface area contributed by atoms with Gasteiger partial charge in [-0.15, -0.1) is 22.4 Å². The molecule has 0 bridgehead atoms. The molecule has 0 aromatic rings. The van der Waals surface area contributed by atoms with Crippen LogP contribution in [0.1, 0.15) is 19.3 Å². The third-order valence-corrected chi connectivity index (χ3v) is 10.5.